The minimum Gasteiger partial charge on any atom is -0.285 e. The lowest BCUT2D eigenvalue weighted by molar-refractivity contribution is -0.113. The van der Waals surface area contributed by atoms with Crippen LogP contribution in [0.5, 0.6) is 0 Å². The SMILES string of the molecule is Cc1ccc(C#CC(=O)Cc2ccc(C)cc2)cc1. The van der Waals surface area contributed by atoms with Crippen molar-refractivity contribution in [2.24, 2.45) is 0 Å². The van der Waals surface area contributed by atoms with Crippen LogP contribution in [-0.4, -0.2) is 5.78 Å². The Labute approximate surface area is 114 Å². The molecule has 2 aromatic carbocycles. The fraction of sp³-hybridized carbons (Fsp3) is 0.167. The van der Waals surface area contributed by atoms with Gasteiger partial charge in [-0.15, -0.1) is 0 Å². The molecular formula is C18H16O. The monoisotopic (exact) mass is 248 g/mol. The molecule has 0 saturated carbocycles. The van der Waals surface area contributed by atoms with Crippen LogP contribution in [-0.2, 0) is 11.2 Å². The zero-order chi connectivity index (χ0) is 13.7. The third-order valence-electron chi connectivity index (χ3n) is 2.88. The summed E-state index contributed by atoms with van der Waals surface area (Å²) in [5.74, 6) is 5.54. The average Bonchev–Trinajstić information content (AvgIpc) is 2.41. The van der Waals surface area contributed by atoms with Crippen molar-refractivity contribution in [2.45, 2.75) is 20.3 Å². The predicted octanol–water partition coefficient (Wildman–Crippen LogP) is 3.47. The molecule has 94 valence electrons. The third-order valence-corrected chi connectivity index (χ3v) is 2.88. The predicted molar refractivity (Wildman–Crippen MR) is 77.9 cm³/mol. The van der Waals surface area contributed by atoms with Gasteiger partial charge in [-0.05, 0) is 37.5 Å². The summed E-state index contributed by atoms with van der Waals surface area (Å²) in [6.07, 6.45) is 0.374. The summed E-state index contributed by atoms with van der Waals surface area (Å²) >= 11 is 0. The van der Waals surface area contributed by atoms with Gasteiger partial charge in [0.05, 0.1) is 0 Å². The highest BCUT2D eigenvalue weighted by molar-refractivity contribution is 5.97. The number of ketones is 1. The van der Waals surface area contributed by atoms with Gasteiger partial charge in [-0.3, -0.25) is 4.79 Å². The van der Waals surface area contributed by atoms with Crippen LogP contribution in [0.15, 0.2) is 48.5 Å². The topological polar surface area (TPSA) is 17.1 Å². The molecule has 0 unspecified atom stereocenters. The molecule has 0 aliphatic rings. The lowest BCUT2D eigenvalue weighted by Crippen LogP contribution is -1.99. The van der Waals surface area contributed by atoms with Gasteiger partial charge in [0.1, 0.15) is 0 Å². The molecule has 1 heteroatoms. The Morgan fingerprint density at radius 2 is 1.42 bits per heavy atom. The van der Waals surface area contributed by atoms with Crippen LogP contribution >= 0.6 is 0 Å². The zero-order valence-corrected chi connectivity index (χ0v) is 11.2. The second-order valence-corrected chi connectivity index (χ2v) is 4.70. The van der Waals surface area contributed by atoms with Crippen molar-refractivity contribution in [3.8, 4) is 11.8 Å². The summed E-state index contributed by atoms with van der Waals surface area (Å²) in [6, 6.07) is 15.8. The molecule has 2 aromatic rings. The Bertz CT molecular complexity index is 622. The molecule has 19 heavy (non-hydrogen) atoms. The van der Waals surface area contributed by atoms with Crippen molar-refractivity contribution >= 4 is 5.78 Å². The fourth-order valence-electron chi connectivity index (χ4n) is 1.71. The summed E-state index contributed by atoms with van der Waals surface area (Å²) in [6.45, 7) is 4.06. The summed E-state index contributed by atoms with van der Waals surface area (Å²) in [4.78, 5) is 11.8. The van der Waals surface area contributed by atoms with Gasteiger partial charge in [0, 0.05) is 12.0 Å². The van der Waals surface area contributed by atoms with E-state index >= 15 is 0 Å². The molecule has 0 aliphatic carbocycles. The zero-order valence-electron chi connectivity index (χ0n) is 11.2. The Kier molecular flexibility index (Phi) is 4.15. The maximum atomic E-state index is 11.8. The molecule has 0 bridgehead atoms. The molecule has 0 atom stereocenters. The van der Waals surface area contributed by atoms with Gasteiger partial charge >= 0.3 is 0 Å². The minimum atomic E-state index is -0.0515. The lowest BCUT2D eigenvalue weighted by atomic mass is 10.1. The molecule has 0 radical (unpaired) electrons. The number of rotatable bonds is 2. The smallest absolute Gasteiger partial charge is 0.210 e. The molecule has 0 aliphatic heterocycles. The summed E-state index contributed by atoms with van der Waals surface area (Å²) < 4.78 is 0. The van der Waals surface area contributed by atoms with E-state index in [0.29, 0.717) is 6.42 Å². The average molecular weight is 248 g/mol. The van der Waals surface area contributed by atoms with E-state index in [-0.39, 0.29) is 5.78 Å². The van der Waals surface area contributed by atoms with Crippen molar-refractivity contribution in [1.29, 1.82) is 0 Å². The van der Waals surface area contributed by atoms with Crippen LogP contribution in [0.2, 0.25) is 0 Å². The Hall–Kier alpha value is -2.33. The van der Waals surface area contributed by atoms with Gasteiger partial charge in [-0.1, -0.05) is 53.4 Å². The van der Waals surface area contributed by atoms with Crippen LogP contribution < -0.4 is 0 Å². The number of hydrogen-bond donors (Lipinski definition) is 0. The summed E-state index contributed by atoms with van der Waals surface area (Å²) in [7, 11) is 0. The maximum absolute atomic E-state index is 11.8. The second-order valence-electron chi connectivity index (χ2n) is 4.70. The standard InChI is InChI=1S/C18H16O/c1-14-3-7-16(8-4-14)11-12-18(19)13-17-9-5-15(2)6-10-17/h3-10H,13H2,1-2H3. The van der Waals surface area contributed by atoms with E-state index in [4.69, 9.17) is 0 Å². The van der Waals surface area contributed by atoms with Gasteiger partial charge in [0.15, 0.2) is 0 Å². The lowest BCUT2D eigenvalue weighted by Gasteiger charge is -1.97. The molecule has 2 rings (SSSR count). The first kappa shape index (κ1) is 13.1. The fourth-order valence-corrected chi connectivity index (χ4v) is 1.71. The van der Waals surface area contributed by atoms with Gasteiger partial charge in [-0.2, -0.15) is 0 Å². The quantitative estimate of drug-likeness (QED) is 0.744. The molecule has 1 nitrogen and oxygen atoms in total. The Morgan fingerprint density at radius 3 is 2.00 bits per heavy atom. The van der Waals surface area contributed by atoms with E-state index in [1.165, 1.54) is 11.1 Å². The van der Waals surface area contributed by atoms with E-state index in [1.54, 1.807) is 0 Å². The van der Waals surface area contributed by atoms with Gasteiger partial charge in [-0.25, -0.2) is 0 Å². The largest absolute Gasteiger partial charge is 0.285 e. The molecule has 0 spiro atoms. The van der Waals surface area contributed by atoms with Crippen molar-refractivity contribution in [1.82, 2.24) is 0 Å². The maximum Gasteiger partial charge on any atom is 0.210 e. The van der Waals surface area contributed by atoms with E-state index < -0.39 is 0 Å². The molecule has 0 saturated heterocycles. The van der Waals surface area contributed by atoms with Gasteiger partial charge < -0.3 is 0 Å². The molecule has 0 N–H and O–H groups in total. The van der Waals surface area contributed by atoms with Gasteiger partial charge in [0.25, 0.3) is 0 Å². The first-order valence-corrected chi connectivity index (χ1v) is 6.30. The summed E-state index contributed by atoms with van der Waals surface area (Å²) in [5, 5.41) is 0. The number of carbonyl (C=O) groups excluding carboxylic acids is 1. The molecule has 0 amide bonds. The Morgan fingerprint density at radius 1 is 0.895 bits per heavy atom. The number of Topliss-reactive ketones (excluding diaryl/α,β-unsaturated/α-hetero) is 1. The van der Waals surface area contributed by atoms with Crippen molar-refractivity contribution in [3.63, 3.8) is 0 Å². The Balaban J connectivity index is 2.02. The first-order chi connectivity index (χ1) is 9.13. The number of benzene rings is 2. The van der Waals surface area contributed by atoms with Crippen molar-refractivity contribution < 1.29 is 4.79 Å². The van der Waals surface area contributed by atoms with E-state index in [9.17, 15) is 4.79 Å². The van der Waals surface area contributed by atoms with Crippen LogP contribution in [0.25, 0.3) is 0 Å². The molecule has 0 aromatic heterocycles. The van der Waals surface area contributed by atoms with Crippen LogP contribution in [0.1, 0.15) is 22.3 Å². The number of carbonyl (C=O) groups is 1. The number of aryl methyl sites for hydroxylation is 2. The van der Waals surface area contributed by atoms with Crippen molar-refractivity contribution in [3.05, 3.63) is 70.8 Å². The van der Waals surface area contributed by atoms with Gasteiger partial charge in [0.2, 0.25) is 5.78 Å². The van der Waals surface area contributed by atoms with E-state index in [2.05, 4.69) is 11.8 Å². The van der Waals surface area contributed by atoms with Crippen LogP contribution in [0.4, 0.5) is 0 Å². The minimum absolute atomic E-state index is 0.0515. The normalized spacial score (nSPS) is 9.58. The third kappa shape index (κ3) is 4.12. The highest BCUT2D eigenvalue weighted by Crippen LogP contribution is 2.04. The molecular weight excluding hydrogens is 232 g/mol. The summed E-state index contributed by atoms with van der Waals surface area (Å²) in [5.41, 5.74) is 4.27. The van der Waals surface area contributed by atoms with E-state index in [0.717, 1.165) is 11.1 Å². The van der Waals surface area contributed by atoms with Crippen molar-refractivity contribution in [2.75, 3.05) is 0 Å². The van der Waals surface area contributed by atoms with Crippen LogP contribution in [0.3, 0.4) is 0 Å². The first-order valence-electron chi connectivity index (χ1n) is 6.30. The highest BCUT2D eigenvalue weighted by Gasteiger charge is 1.99. The van der Waals surface area contributed by atoms with E-state index in [1.807, 2.05) is 62.4 Å². The van der Waals surface area contributed by atoms with Crippen LogP contribution in [0, 0.1) is 25.7 Å². The highest BCUT2D eigenvalue weighted by atomic mass is 16.1. The molecule has 0 heterocycles. The number of hydrogen-bond acceptors (Lipinski definition) is 1. The molecule has 0 fully saturated rings. The second kappa shape index (κ2) is 6.02.